The Morgan fingerprint density at radius 3 is 2.48 bits per heavy atom. The molecule has 210 valence electrons. The number of carbonyl (C=O) groups excluding carboxylic acids is 1. The summed E-state index contributed by atoms with van der Waals surface area (Å²) in [4.78, 5) is 23.8. The summed E-state index contributed by atoms with van der Waals surface area (Å²) in [6.07, 6.45) is 3.40. The summed E-state index contributed by atoms with van der Waals surface area (Å²) in [5.74, 6) is 0.753. The number of ether oxygens (including phenoxy) is 3. The summed E-state index contributed by atoms with van der Waals surface area (Å²) in [5, 5.41) is 10.9. The normalized spacial score (nSPS) is 14.0. The molecular formula is C29H31Cl2N5O4. The molecule has 1 amide bonds. The first kappa shape index (κ1) is 29.4. The predicted molar refractivity (Wildman–Crippen MR) is 157 cm³/mol. The van der Waals surface area contributed by atoms with Gasteiger partial charge in [0.05, 0.1) is 53.3 Å². The number of benzene rings is 2. The van der Waals surface area contributed by atoms with E-state index in [2.05, 4.69) is 34.5 Å². The van der Waals surface area contributed by atoms with Crippen LogP contribution in [0.25, 0.3) is 10.9 Å². The van der Waals surface area contributed by atoms with Gasteiger partial charge in [-0.1, -0.05) is 29.8 Å². The van der Waals surface area contributed by atoms with Crippen molar-refractivity contribution in [2.75, 3.05) is 65.5 Å². The molecule has 9 nitrogen and oxygen atoms in total. The lowest BCUT2D eigenvalue weighted by molar-refractivity contribution is -0.113. The van der Waals surface area contributed by atoms with E-state index in [0.717, 1.165) is 45.2 Å². The van der Waals surface area contributed by atoms with Crippen LogP contribution in [0.15, 0.2) is 43.1 Å². The lowest BCUT2D eigenvalue weighted by Crippen LogP contribution is -2.44. The van der Waals surface area contributed by atoms with E-state index >= 15 is 0 Å². The molecule has 4 rings (SSSR count). The number of aromatic nitrogens is 1. The van der Waals surface area contributed by atoms with E-state index in [1.807, 2.05) is 0 Å². The van der Waals surface area contributed by atoms with E-state index in [9.17, 15) is 10.1 Å². The number of carbonyl (C=O) groups is 1. The van der Waals surface area contributed by atoms with Gasteiger partial charge in [-0.25, -0.2) is 0 Å². The Hall–Kier alpha value is -3.55. The van der Waals surface area contributed by atoms with Crippen LogP contribution in [0, 0.1) is 11.3 Å². The van der Waals surface area contributed by atoms with Crippen molar-refractivity contribution in [1.82, 2.24) is 14.8 Å². The van der Waals surface area contributed by atoms with E-state index in [1.165, 1.54) is 37.4 Å². The van der Waals surface area contributed by atoms with Gasteiger partial charge in [-0.05, 0) is 31.7 Å². The number of rotatable bonds is 10. The average Bonchev–Trinajstić information content (AvgIpc) is 2.96. The number of halogens is 2. The Bertz CT molecular complexity index is 1450. The summed E-state index contributed by atoms with van der Waals surface area (Å²) in [7, 11) is 5.13. The largest absolute Gasteiger partial charge is 0.495 e. The molecule has 0 atom stereocenters. The molecule has 2 heterocycles. The molecule has 0 N–H and O–H groups in total. The van der Waals surface area contributed by atoms with Gasteiger partial charge in [0, 0.05) is 56.4 Å². The van der Waals surface area contributed by atoms with Crippen molar-refractivity contribution in [1.29, 1.82) is 5.26 Å². The Kier molecular flexibility index (Phi) is 9.71. The van der Waals surface area contributed by atoms with Gasteiger partial charge >= 0.3 is 0 Å². The van der Waals surface area contributed by atoms with E-state index < -0.39 is 5.91 Å². The fourth-order valence-electron chi connectivity index (χ4n) is 4.61. The van der Waals surface area contributed by atoms with Gasteiger partial charge in [0.15, 0.2) is 11.5 Å². The second-order valence-electron chi connectivity index (χ2n) is 9.32. The fourth-order valence-corrected chi connectivity index (χ4v) is 5.15. The predicted octanol–water partition coefficient (Wildman–Crippen LogP) is 5.30. The number of likely N-dealkylation sites (N-methyl/N-ethyl adjacent to an activating group) is 1. The zero-order valence-electron chi connectivity index (χ0n) is 22.7. The molecular weight excluding hydrogens is 553 g/mol. The molecule has 0 bridgehead atoms. The maximum atomic E-state index is 13.3. The van der Waals surface area contributed by atoms with Crippen molar-refractivity contribution < 1.29 is 19.0 Å². The first-order valence-electron chi connectivity index (χ1n) is 12.7. The third-order valence-electron chi connectivity index (χ3n) is 6.80. The minimum atomic E-state index is -0.515. The number of piperazine rings is 1. The molecule has 40 heavy (non-hydrogen) atoms. The minimum absolute atomic E-state index is 0.149. The molecule has 1 aliphatic rings. The third-order valence-corrected chi connectivity index (χ3v) is 7.40. The summed E-state index contributed by atoms with van der Waals surface area (Å²) >= 11 is 12.8. The minimum Gasteiger partial charge on any atom is -0.495 e. The molecule has 1 aromatic heterocycles. The Labute approximate surface area is 244 Å². The number of nitriles is 1. The Morgan fingerprint density at radius 2 is 1.82 bits per heavy atom. The average molecular weight is 585 g/mol. The van der Waals surface area contributed by atoms with Gasteiger partial charge < -0.3 is 24.0 Å². The summed E-state index contributed by atoms with van der Waals surface area (Å²) in [5.41, 5.74) is 1.18. The molecule has 0 spiro atoms. The highest BCUT2D eigenvalue weighted by Crippen LogP contribution is 2.44. The number of pyridine rings is 1. The molecule has 0 unspecified atom stereocenters. The number of amides is 1. The fraction of sp³-hybridized carbons (Fsp3) is 0.345. The molecule has 11 heteroatoms. The second kappa shape index (κ2) is 13.2. The van der Waals surface area contributed by atoms with Crippen molar-refractivity contribution in [3.63, 3.8) is 0 Å². The van der Waals surface area contributed by atoms with Crippen LogP contribution in [-0.2, 0) is 4.79 Å². The van der Waals surface area contributed by atoms with Crippen molar-refractivity contribution in [3.05, 3.63) is 58.7 Å². The van der Waals surface area contributed by atoms with E-state index in [0.29, 0.717) is 34.8 Å². The summed E-state index contributed by atoms with van der Waals surface area (Å²) in [6.45, 7) is 9.32. The summed E-state index contributed by atoms with van der Waals surface area (Å²) < 4.78 is 17.1. The molecule has 1 saturated heterocycles. The Morgan fingerprint density at radius 1 is 1.10 bits per heavy atom. The van der Waals surface area contributed by atoms with Crippen LogP contribution in [0.4, 0.5) is 11.4 Å². The van der Waals surface area contributed by atoms with E-state index in [1.54, 1.807) is 12.1 Å². The highest BCUT2D eigenvalue weighted by atomic mass is 35.5. The standard InChI is InChI=1S/C29H31Cl2N5O4/c1-5-28(37)36(24-16-25(38-3)22(31)14-21(24)30)29-19(17-32)18-33-23-15-27(26(39-4)13-20(23)29)40-12-6-7-35-10-8-34(2)9-11-35/h5,13-16,18H,1,6-12H2,2-4H3. The van der Waals surface area contributed by atoms with Crippen LogP contribution in [0.5, 0.6) is 17.2 Å². The highest BCUT2D eigenvalue weighted by molar-refractivity contribution is 6.38. The third kappa shape index (κ3) is 6.26. The molecule has 0 aliphatic carbocycles. The number of nitrogens with zero attached hydrogens (tertiary/aromatic N) is 5. The van der Waals surface area contributed by atoms with Crippen LogP contribution in [0.3, 0.4) is 0 Å². The first-order chi connectivity index (χ1) is 19.3. The lowest BCUT2D eigenvalue weighted by atomic mass is 10.1. The number of anilines is 2. The van der Waals surface area contributed by atoms with Crippen LogP contribution in [-0.4, -0.2) is 81.3 Å². The number of fused-ring (bicyclic) bond motifs is 1. The number of hydrogen-bond acceptors (Lipinski definition) is 8. The lowest BCUT2D eigenvalue weighted by Gasteiger charge is -2.32. The Balaban J connectivity index is 1.72. The van der Waals surface area contributed by atoms with E-state index in [4.69, 9.17) is 37.4 Å². The van der Waals surface area contributed by atoms with Crippen LogP contribution >= 0.6 is 23.2 Å². The zero-order valence-corrected chi connectivity index (χ0v) is 24.3. The van der Waals surface area contributed by atoms with Crippen molar-refractivity contribution in [2.24, 2.45) is 0 Å². The molecule has 0 saturated carbocycles. The maximum Gasteiger partial charge on any atom is 0.255 e. The molecule has 3 aromatic rings. The highest BCUT2D eigenvalue weighted by Gasteiger charge is 2.27. The number of methoxy groups -OCH3 is 2. The van der Waals surface area contributed by atoms with Gasteiger partial charge in [0.2, 0.25) is 0 Å². The monoisotopic (exact) mass is 583 g/mol. The van der Waals surface area contributed by atoms with Gasteiger partial charge in [0.1, 0.15) is 11.8 Å². The van der Waals surface area contributed by atoms with Crippen molar-refractivity contribution >= 4 is 51.4 Å². The molecule has 1 aliphatic heterocycles. The molecule has 2 aromatic carbocycles. The molecule has 1 fully saturated rings. The van der Waals surface area contributed by atoms with Gasteiger partial charge in [0.25, 0.3) is 5.91 Å². The van der Waals surface area contributed by atoms with Crippen LogP contribution in [0.1, 0.15) is 12.0 Å². The smallest absolute Gasteiger partial charge is 0.255 e. The topological polar surface area (TPSA) is 91.2 Å². The van der Waals surface area contributed by atoms with E-state index in [-0.39, 0.29) is 27.0 Å². The van der Waals surface area contributed by atoms with Crippen LogP contribution in [0.2, 0.25) is 10.0 Å². The van der Waals surface area contributed by atoms with Gasteiger partial charge in [-0.15, -0.1) is 0 Å². The molecule has 0 radical (unpaired) electrons. The van der Waals surface area contributed by atoms with Crippen molar-refractivity contribution in [3.8, 4) is 23.3 Å². The first-order valence-corrected chi connectivity index (χ1v) is 13.5. The maximum absolute atomic E-state index is 13.3. The summed E-state index contributed by atoms with van der Waals surface area (Å²) in [6, 6.07) is 8.60. The van der Waals surface area contributed by atoms with Crippen molar-refractivity contribution in [2.45, 2.75) is 6.42 Å². The second-order valence-corrected chi connectivity index (χ2v) is 10.1. The zero-order chi connectivity index (χ0) is 28.8. The van der Waals surface area contributed by atoms with Gasteiger partial charge in [-0.2, -0.15) is 5.26 Å². The van der Waals surface area contributed by atoms with Crippen LogP contribution < -0.4 is 19.1 Å². The SMILES string of the molecule is C=CC(=O)N(c1cc(OC)c(Cl)cc1Cl)c1c(C#N)cnc2cc(OCCCN3CCN(C)CC3)c(OC)cc12. The van der Waals surface area contributed by atoms with Gasteiger partial charge in [-0.3, -0.25) is 14.7 Å². The number of hydrogen-bond donors (Lipinski definition) is 0. The quantitative estimate of drug-likeness (QED) is 0.234.